The Morgan fingerprint density at radius 1 is 1.45 bits per heavy atom. The van der Waals surface area contributed by atoms with Gasteiger partial charge in [0.1, 0.15) is 5.82 Å². The monoisotopic (exact) mass is 327 g/mol. The standard InChI is InChI=1S/C10H14FN3O4S.ClH/c1-12-6-7-13(2)19(17,18)10-8(11)4-3-5-9(10)14(15)16;/h3-5,12H,6-7H2,1-2H3;1H. The molecule has 1 aromatic rings. The van der Waals surface area contributed by atoms with Crippen LogP contribution in [0.5, 0.6) is 0 Å². The molecule has 0 radical (unpaired) electrons. The third-order valence-corrected chi connectivity index (χ3v) is 4.41. The van der Waals surface area contributed by atoms with Gasteiger partial charge in [-0.15, -0.1) is 12.4 Å². The van der Waals surface area contributed by atoms with Gasteiger partial charge >= 0.3 is 0 Å². The van der Waals surface area contributed by atoms with E-state index in [2.05, 4.69) is 5.32 Å². The fraction of sp³-hybridized carbons (Fsp3) is 0.400. The summed E-state index contributed by atoms with van der Waals surface area (Å²) in [5.41, 5.74) is -0.767. The van der Waals surface area contributed by atoms with E-state index >= 15 is 0 Å². The summed E-state index contributed by atoms with van der Waals surface area (Å²) < 4.78 is 38.8. The van der Waals surface area contributed by atoms with Crippen LogP contribution in [0.25, 0.3) is 0 Å². The molecule has 0 amide bonds. The third kappa shape index (κ3) is 3.85. The topological polar surface area (TPSA) is 92.6 Å². The van der Waals surface area contributed by atoms with Crippen LogP contribution in [0.4, 0.5) is 10.1 Å². The summed E-state index contributed by atoms with van der Waals surface area (Å²) in [6, 6.07) is 2.94. The normalized spacial score (nSPS) is 11.2. The zero-order valence-corrected chi connectivity index (χ0v) is 12.5. The SMILES string of the molecule is CNCCN(C)S(=O)(=O)c1c(F)cccc1[N+](=O)[O-].Cl. The van der Waals surface area contributed by atoms with Gasteiger partial charge in [-0.2, -0.15) is 4.31 Å². The minimum absolute atomic E-state index is 0. The van der Waals surface area contributed by atoms with E-state index in [1.807, 2.05) is 0 Å². The quantitative estimate of drug-likeness (QED) is 0.621. The van der Waals surface area contributed by atoms with E-state index in [1.54, 1.807) is 7.05 Å². The summed E-state index contributed by atoms with van der Waals surface area (Å²) in [7, 11) is -1.37. The maximum absolute atomic E-state index is 13.7. The van der Waals surface area contributed by atoms with Crippen molar-refractivity contribution >= 4 is 28.1 Å². The van der Waals surface area contributed by atoms with Gasteiger partial charge in [-0.05, 0) is 13.1 Å². The van der Waals surface area contributed by atoms with Gasteiger partial charge in [0.15, 0.2) is 4.90 Å². The molecule has 0 aliphatic carbocycles. The predicted molar refractivity (Wildman–Crippen MR) is 74.0 cm³/mol. The van der Waals surface area contributed by atoms with Crippen molar-refractivity contribution in [2.75, 3.05) is 27.2 Å². The van der Waals surface area contributed by atoms with Crippen LogP contribution in [-0.4, -0.2) is 44.8 Å². The molecular formula is C10H15ClFN3O4S. The lowest BCUT2D eigenvalue weighted by atomic mass is 10.3. The summed E-state index contributed by atoms with van der Waals surface area (Å²) in [6.07, 6.45) is 0. The molecule has 0 aliphatic heterocycles. The summed E-state index contributed by atoms with van der Waals surface area (Å²) >= 11 is 0. The molecule has 1 rings (SSSR count). The van der Waals surface area contributed by atoms with E-state index < -0.39 is 31.3 Å². The molecule has 114 valence electrons. The lowest BCUT2D eigenvalue weighted by Gasteiger charge is -2.17. The largest absolute Gasteiger partial charge is 0.318 e. The van der Waals surface area contributed by atoms with Gasteiger partial charge in [0.05, 0.1) is 4.92 Å². The highest BCUT2D eigenvalue weighted by molar-refractivity contribution is 7.89. The van der Waals surface area contributed by atoms with Crippen LogP contribution in [-0.2, 0) is 10.0 Å². The zero-order valence-electron chi connectivity index (χ0n) is 10.9. The van der Waals surface area contributed by atoms with Crippen molar-refractivity contribution in [3.05, 3.63) is 34.1 Å². The zero-order chi connectivity index (χ0) is 14.6. The second-order valence-corrected chi connectivity index (χ2v) is 5.76. The van der Waals surface area contributed by atoms with Crippen molar-refractivity contribution in [3.63, 3.8) is 0 Å². The fourth-order valence-electron chi connectivity index (χ4n) is 1.44. The summed E-state index contributed by atoms with van der Waals surface area (Å²) in [4.78, 5) is 8.98. The summed E-state index contributed by atoms with van der Waals surface area (Å²) in [5.74, 6) is -1.13. The lowest BCUT2D eigenvalue weighted by molar-refractivity contribution is -0.388. The number of hydrogen-bond acceptors (Lipinski definition) is 5. The van der Waals surface area contributed by atoms with Crippen LogP contribution < -0.4 is 5.32 Å². The fourth-order valence-corrected chi connectivity index (χ4v) is 2.81. The van der Waals surface area contributed by atoms with Gasteiger partial charge in [-0.1, -0.05) is 6.07 Å². The maximum atomic E-state index is 13.7. The maximum Gasteiger partial charge on any atom is 0.292 e. The Balaban J connectivity index is 0.00000361. The van der Waals surface area contributed by atoms with Gasteiger partial charge in [0, 0.05) is 26.2 Å². The van der Waals surface area contributed by atoms with Gasteiger partial charge in [-0.3, -0.25) is 10.1 Å². The molecule has 0 unspecified atom stereocenters. The Kier molecular flexibility index (Phi) is 7.00. The van der Waals surface area contributed by atoms with E-state index in [1.165, 1.54) is 7.05 Å². The summed E-state index contributed by atoms with van der Waals surface area (Å²) in [5, 5.41) is 13.5. The second-order valence-electron chi connectivity index (χ2n) is 3.78. The molecule has 0 atom stereocenters. The van der Waals surface area contributed by atoms with Crippen molar-refractivity contribution < 1.29 is 17.7 Å². The minimum Gasteiger partial charge on any atom is -0.318 e. The molecule has 0 fully saturated rings. The van der Waals surface area contributed by atoms with E-state index in [4.69, 9.17) is 0 Å². The predicted octanol–water partition coefficient (Wildman–Crippen LogP) is 0.996. The van der Waals surface area contributed by atoms with Crippen LogP contribution in [0.15, 0.2) is 23.1 Å². The molecule has 0 aromatic heterocycles. The molecule has 7 nitrogen and oxygen atoms in total. The van der Waals surface area contributed by atoms with Crippen LogP contribution in [0.3, 0.4) is 0 Å². The number of sulfonamides is 1. The molecule has 0 bridgehead atoms. The van der Waals surface area contributed by atoms with Gasteiger partial charge in [-0.25, -0.2) is 12.8 Å². The second kappa shape index (κ2) is 7.48. The first-order valence-electron chi connectivity index (χ1n) is 5.36. The number of halogens is 2. The van der Waals surface area contributed by atoms with Crippen molar-refractivity contribution in [2.24, 2.45) is 0 Å². The lowest BCUT2D eigenvalue weighted by Crippen LogP contribution is -2.33. The van der Waals surface area contributed by atoms with Crippen molar-refractivity contribution in [1.29, 1.82) is 0 Å². The molecule has 1 aromatic carbocycles. The molecular weight excluding hydrogens is 313 g/mol. The average molecular weight is 328 g/mol. The molecule has 0 spiro atoms. The number of nitro groups is 1. The van der Waals surface area contributed by atoms with E-state index in [0.29, 0.717) is 6.54 Å². The van der Waals surface area contributed by atoms with Crippen molar-refractivity contribution in [2.45, 2.75) is 4.90 Å². The molecule has 0 heterocycles. The van der Waals surface area contributed by atoms with E-state index in [9.17, 15) is 22.9 Å². The highest BCUT2D eigenvalue weighted by atomic mass is 35.5. The Morgan fingerprint density at radius 2 is 2.05 bits per heavy atom. The Bertz CT molecular complexity index is 582. The Hall–Kier alpha value is -1.29. The number of benzene rings is 1. The van der Waals surface area contributed by atoms with Gasteiger partial charge < -0.3 is 5.32 Å². The smallest absolute Gasteiger partial charge is 0.292 e. The molecule has 20 heavy (non-hydrogen) atoms. The van der Waals surface area contributed by atoms with Gasteiger partial charge in [0.2, 0.25) is 0 Å². The Morgan fingerprint density at radius 3 is 2.55 bits per heavy atom. The van der Waals surface area contributed by atoms with Crippen molar-refractivity contribution in [1.82, 2.24) is 9.62 Å². The number of likely N-dealkylation sites (N-methyl/N-ethyl adjacent to an activating group) is 2. The first kappa shape index (κ1) is 18.7. The highest BCUT2D eigenvalue weighted by Gasteiger charge is 2.32. The van der Waals surface area contributed by atoms with Crippen molar-refractivity contribution in [3.8, 4) is 0 Å². The molecule has 10 heteroatoms. The summed E-state index contributed by atoms with van der Waals surface area (Å²) in [6.45, 7) is 0.419. The van der Waals surface area contributed by atoms with Crippen LogP contribution >= 0.6 is 12.4 Å². The molecule has 0 saturated carbocycles. The molecule has 1 N–H and O–H groups in total. The number of nitrogens with one attached hydrogen (secondary N) is 1. The molecule has 0 saturated heterocycles. The first-order valence-corrected chi connectivity index (χ1v) is 6.80. The first-order chi connectivity index (χ1) is 8.82. The van der Waals surface area contributed by atoms with Crippen LogP contribution in [0.1, 0.15) is 0 Å². The number of rotatable bonds is 6. The number of nitrogens with zero attached hydrogens (tertiary/aromatic N) is 2. The van der Waals surface area contributed by atoms with Gasteiger partial charge in [0.25, 0.3) is 15.7 Å². The van der Waals surface area contributed by atoms with E-state index in [0.717, 1.165) is 22.5 Å². The average Bonchev–Trinajstić information content (AvgIpc) is 2.34. The number of nitro benzene ring substituents is 1. The highest BCUT2D eigenvalue weighted by Crippen LogP contribution is 2.28. The van der Waals surface area contributed by atoms with Crippen LogP contribution in [0.2, 0.25) is 0 Å². The molecule has 0 aliphatic rings. The number of hydrogen-bond donors (Lipinski definition) is 1. The Labute approximate surface area is 122 Å². The van der Waals surface area contributed by atoms with E-state index in [-0.39, 0.29) is 19.0 Å². The van der Waals surface area contributed by atoms with Crippen LogP contribution in [0, 0.1) is 15.9 Å². The minimum atomic E-state index is -4.24. The third-order valence-electron chi connectivity index (χ3n) is 2.49.